The van der Waals surface area contributed by atoms with Crippen molar-refractivity contribution in [2.24, 2.45) is 11.7 Å². The summed E-state index contributed by atoms with van der Waals surface area (Å²) in [7, 11) is 0. The van der Waals surface area contributed by atoms with Gasteiger partial charge in [-0.1, -0.05) is 42.6 Å². The SMILES string of the molecule is CCC1CCN(C(C)c2ccc(Cl)cc2Cl)C(CN)C1. The average Bonchev–Trinajstić information content (AvgIpc) is 2.46. The molecule has 0 amide bonds. The fourth-order valence-corrected chi connectivity index (χ4v) is 3.85. The van der Waals surface area contributed by atoms with Gasteiger partial charge in [-0.3, -0.25) is 4.90 Å². The van der Waals surface area contributed by atoms with Crippen LogP contribution in [0.25, 0.3) is 0 Å². The van der Waals surface area contributed by atoms with Gasteiger partial charge in [-0.25, -0.2) is 0 Å². The Kier molecular flexibility index (Phi) is 5.74. The molecule has 1 aliphatic heterocycles. The number of nitrogens with two attached hydrogens (primary N) is 1. The largest absolute Gasteiger partial charge is 0.329 e. The van der Waals surface area contributed by atoms with E-state index in [1.807, 2.05) is 18.2 Å². The molecule has 2 N–H and O–H groups in total. The molecule has 2 rings (SSSR count). The van der Waals surface area contributed by atoms with E-state index in [9.17, 15) is 0 Å². The van der Waals surface area contributed by atoms with Crippen LogP contribution in [-0.4, -0.2) is 24.0 Å². The average molecular weight is 315 g/mol. The van der Waals surface area contributed by atoms with Gasteiger partial charge in [-0.2, -0.15) is 0 Å². The summed E-state index contributed by atoms with van der Waals surface area (Å²) in [5.41, 5.74) is 7.14. The van der Waals surface area contributed by atoms with Gasteiger partial charge in [-0.05, 0) is 49.9 Å². The van der Waals surface area contributed by atoms with Gasteiger partial charge in [0.25, 0.3) is 0 Å². The summed E-state index contributed by atoms with van der Waals surface area (Å²) in [6.45, 7) is 6.30. The maximum atomic E-state index is 6.35. The standard InChI is InChI=1S/C16H24Cl2N2/c1-3-12-6-7-20(14(8-12)10-19)11(2)15-5-4-13(17)9-16(15)18/h4-5,9,11-12,14H,3,6-8,10,19H2,1-2H3. The number of halogens is 2. The van der Waals surface area contributed by atoms with Gasteiger partial charge in [0.1, 0.15) is 0 Å². The zero-order chi connectivity index (χ0) is 14.7. The summed E-state index contributed by atoms with van der Waals surface area (Å²) < 4.78 is 0. The van der Waals surface area contributed by atoms with Crippen molar-refractivity contribution in [3.63, 3.8) is 0 Å². The second-order valence-corrected chi connectivity index (χ2v) is 6.61. The van der Waals surface area contributed by atoms with Crippen LogP contribution in [-0.2, 0) is 0 Å². The molecule has 2 nitrogen and oxygen atoms in total. The number of hydrogen-bond acceptors (Lipinski definition) is 2. The zero-order valence-electron chi connectivity index (χ0n) is 12.3. The highest BCUT2D eigenvalue weighted by Crippen LogP contribution is 2.35. The third kappa shape index (κ3) is 3.48. The van der Waals surface area contributed by atoms with Crippen LogP contribution in [0.3, 0.4) is 0 Å². The summed E-state index contributed by atoms with van der Waals surface area (Å²) in [6.07, 6.45) is 3.70. The molecule has 1 saturated heterocycles. The van der Waals surface area contributed by atoms with E-state index in [-0.39, 0.29) is 6.04 Å². The maximum Gasteiger partial charge on any atom is 0.0468 e. The number of hydrogen-bond donors (Lipinski definition) is 1. The minimum Gasteiger partial charge on any atom is -0.329 e. The Morgan fingerprint density at radius 3 is 2.75 bits per heavy atom. The highest BCUT2D eigenvalue weighted by Gasteiger charge is 2.31. The van der Waals surface area contributed by atoms with E-state index in [0.717, 1.165) is 23.0 Å². The molecule has 4 heteroatoms. The van der Waals surface area contributed by atoms with Crippen molar-refractivity contribution in [3.8, 4) is 0 Å². The Morgan fingerprint density at radius 1 is 1.40 bits per heavy atom. The molecular formula is C16H24Cl2N2. The fraction of sp³-hybridized carbons (Fsp3) is 0.625. The first-order valence-electron chi connectivity index (χ1n) is 7.47. The Balaban J connectivity index is 2.17. The fourth-order valence-electron chi connectivity index (χ4n) is 3.28. The Bertz CT molecular complexity index is 450. The molecule has 3 atom stereocenters. The molecular weight excluding hydrogens is 291 g/mol. The minimum atomic E-state index is 0.283. The van der Waals surface area contributed by atoms with Gasteiger partial charge in [0.15, 0.2) is 0 Å². The predicted molar refractivity (Wildman–Crippen MR) is 87.4 cm³/mol. The third-order valence-corrected chi connectivity index (χ3v) is 5.19. The van der Waals surface area contributed by atoms with Gasteiger partial charge in [0, 0.05) is 28.7 Å². The van der Waals surface area contributed by atoms with Crippen LogP contribution in [0.1, 0.15) is 44.7 Å². The van der Waals surface area contributed by atoms with E-state index in [2.05, 4.69) is 18.7 Å². The lowest BCUT2D eigenvalue weighted by atomic mass is 9.87. The van der Waals surface area contributed by atoms with E-state index in [1.54, 1.807) is 0 Å². The summed E-state index contributed by atoms with van der Waals surface area (Å²) in [6, 6.07) is 6.51. The van der Waals surface area contributed by atoms with Crippen LogP contribution in [0, 0.1) is 5.92 Å². The van der Waals surface area contributed by atoms with Crippen molar-refractivity contribution in [1.29, 1.82) is 0 Å². The van der Waals surface area contributed by atoms with Crippen LogP contribution >= 0.6 is 23.2 Å². The molecule has 3 unspecified atom stereocenters. The molecule has 1 aromatic rings. The van der Waals surface area contributed by atoms with Crippen LogP contribution in [0.5, 0.6) is 0 Å². The molecule has 0 aliphatic carbocycles. The molecule has 1 aliphatic rings. The minimum absolute atomic E-state index is 0.283. The van der Waals surface area contributed by atoms with E-state index >= 15 is 0 Å². The first-order valence-corrected chi connectivity index (χ1v) is 8.23. The molecule has 1 aromatic carbocycles. The summed E-state index contributed by atoms with van der Waals surface area (Å²) in [5.74, 6) is 0.813. The number of rotatable bonds is 4. The number of nitrogens with zero attached hydrogens (tertiary/aromatic N) is 1. The topological polar surface area (TPSA) is 29.3 Å². The first kappa shape index (κ1) is 16.1. The number of benzene rings is 1. The van der Waals surface area contributed by atoms with Crippen molar-refractivity contribution in [2.45, 2.75) is 45.2 Å². The molecule has 0 aromatic heterocycles. The molecule has 0 spiro atoms. The molecule has 0 saturated carbocycles. The molecule has 1 heterocycles. The van der Waals surface area contributed by atoms with Crippen LogP contribution in [0.4, 0.5) is 0 Å². The van der Waals surface area contributed by atoms with Gasteiger partial charge in [0.05, 0.1) is 0 Å². The van der Waals surface area contributed by atoms with E-state index in [1.165, 1.54) is 19.3 Å². The molecule has 112 valence electrons. The molecule has 20 heavy (non-hydrogen) atoms. The van der Waals surface area contributed by atoms with Gasteiger partial charge in [-0.15, -0.1) is 0 Å². The molecule has 0 radical (unpaired) electrons. The Hall–Kier alpha value is -0.280. The molecule has 1 fully saturated rings. The highest BCUT2D eigenvalue weighted by molar-refractivity contribution is 6.35. The van der Waals surface area contributed by atoms with E-state index in [4.69, 9.17) is 28.9 Å². The van der Waals surface area contributed by atoms with Gasteiger partial charge >= 0.3 is 0 Å². The zero-order valence-corrected chi connectivity index (χ0v) is 13.8. The van der Waals surface area contributed by atoms with Crippen molar-refractivity contribution in [1.82, 2.24) is 4.90 Å². The normalized spacial score (nSPS) is 25.6. The second-order valence-electron chi connectivity index (χ2n) is 5.77. The van der Waals surface area contributed by atoms with Crippen molar-refractivity contribution in [2.75, 3.05) is 13.1 Å². The first-order chi connectivity index (χ1) is 9.56. The maximum absolute atomic E-state index is 6.35. The van der Waals surface area contributed by atoms with E-state index < -0.39 is 0 Å². The molecule has 0 bridgehead atoms. The lowest BCUT2D eigenvalue weighted by Crippen LogP contribution is -2.47. The van der Waals surface area contributed by atoms with Crippen LogP contribution < -0.4 is 5.73 Å². The van der Waals surface area contributed by atoms with Crippen LogP contribution in [0.15, 0.2) is 18.2 Å². The lowest BCUT2D eigenvalue weighted by Gasteiger charge is -2.42. The van der Waals surface area contributed by atoms with Crippen molar-refractivity contribution >= 4 is 23.2 Å². The number of piperidine rings is 1. The third-order valence-electron chi connectivity index (χ3n) is 4.63. The summed E-state index contributed by atoms with van der Waals surface area (Å²) in [5, 5.41) is 1.43. The lowest BCUT2D eigenvalue weighted by molar-refractivity contribution is 0.0773. The Labute approximate surface area is 132 Å². The van der Waals surface area contributed by atoms with Crippen molar-refractivity contribution < 1.29 is 0 Å². The predicted octanol–water partition coefficient (Wildman–Crippen LogP) is 4.50. The number of likely N-dealkylation sites (tertiary alicyclic amines) is 1. The Morgan fingerprint density at radius 2 is 2.15 bits per heavy atom. The van der Waals surface area contributed by atoms with Gasteiger partial charge in [0.2, 0.25) is 0 Å². The monoisotopic (exact) mass is 314 g/mol. The smallest absolute Gasteiger partial charge is 0.0468 e. The van der Waals surface area contributed by atoms with Gasteiger partial charge < -0.3 is 5.73 Å². The second kappa shape index (κ2) is 7.13. The van der Waals surface area contributed by atoms with E-state index in [0.29, 0.717) is 17.6 Å². The van der Waals surface area contributed by atoms with Crippen LogP contribution in [0.2, 0.25) is 10.0 Å². The quantitative estimate of drug-likeness (QED) is 0.886. The summed E-state index contributed by atoms with van der Waals surface area (Å²) in [4.78, 5) is 2.50. The summed E-state index contributed by atoms with van der Waals surface area (Å²) >= 11 is 12.3. The highest BCUT2D eigenvalue weighted by atomic mass is 35.5. The van der Waals surface area contributed by atoms with Crippen molar-refractivity contribution in [3.05, 3.63) is 33.8 Å².